The molecule has 6 heteroatoms. The number of hydrogen-bond donors (Lipinski definition) is 2. The van der Waals surface area contributed by atoms with Gasteiger partial charge >= 0.3 is 7.75 Å². The largest absolute Gasteiger partial charge is 0.403 e. The van der Waals surface area contributed by atoms with Crippen LogP contribution in [-0.2, 0) is 9.30 Å². The van der Waals surface area contributed by atoms with Crippen LogP contribution in [0.25, 0.3) is 0 Å². The van der Waals surface area contributed by atoms with Gasteiger partial charge in [-0.1, -0.05) is 6.08 Å². The third-order valence-corrected chi connectivity index (χ3v) is 2.49. The summed E-state index contributed by atoms with van der Waals surface area (Å²) in [5, 5.41) is 0. The highest BCUT2D eigenvalue weighted by atomic mass is 31.2. The quantitative estimate of drug-likeness (QED) is 0.489. The summed E-state index contributed by atoms with van der Waals surface area (Å²) in [4.78, 5) is 17.2. The summed E-state index contributed by atoms with van der Waals surface area (Å²) in [5.41, 5.74) is 0. The highest BCUT2D eigenvalue weighted by molar-refractivity contribution is 7.49. The lowest BCUT2D eigenvalue weighted by molar-refractivity contribution is 0.0610. The number of hydrogen-bond acceptors (Lipinski definition) is 2. The number of nitrogens with zero attached hydrogens (tertiary/aromatic N) is 1. The predicted molar refractivity (Wildman–Crippen MR) is 50.3 cm³/mol. The zero-order chi connectivity index (χ0) is 10.3. The summed E-state index contributed by atoms with van der Waals surface area (Å²) in [6, 6.07) is 0. The van der Waals surface area contributed by atoms with E-state index in [1.54, 1.807) is 6.08 Å². The molecule has 0 aromatic carbocycles. The van der Waals surface area contributed by atoms with Crippen molar-refractivity contribution in [1.29, 1.82) is 0 Å². The van der Waals surface area contributed by atoms with Crippen LogP contribution < -0.4 is 0 Å². The topological polar surface area (TPSA) is 70.0 Å². The van der Waals surface area contributed by atoms with Gasteiger partial charge in [0.2, 0.25) is 0 Å². The maximum atomic E-state index is 10.6. The molecule has 0 saturated carbocycles. The van der Waals surface area contributed by atoms with Crippen molar-refractivity contribution in [3.63, 3.8) is 0 Å². The van der Waals surface area contributed by atoms with E-state index in [-0.39, 0.29) is 0 Å². The van der Waals surface area contributed by atoms with Gasteiger partial charge in [-0.05, 0) is 6.92 Å². The second-order valence-electron chi connectivity index (χ2n) is 2.49. The van der Waals surface area contributed by atoms with Crippen molar-refractivity contribution in [1.82, 2.24) is 4.67 Å². The molecular formula is C7H16NO4P. The van der Waals surface area contributed by atoms with Crippen molar-refractivity contribution >= 4 is 7.75 Å². The van der Waals surface area contributed by atoms with Gasteiger partial charge in [-0.3, -0.25) is 0 Å². The number of morpholine rings is 1. The van der Waals surface area contributed by atoms with Crippen LogP contribution in [-0.4, -0.2) is 40.8 Å². The first-order valence-electron chi connectivity index (χ1n) is 3.98. The number of allylic oxidation sites excluding steroid dienone is 1. The maximum Gasteiger partial charge on any atom is 0.403 e. The molecule has 0 atom stereocenters. The second kappa shape index (κ2) is 6.29. The summed E-state index contributed by atoms with van der Waals surface area (Å²) in [5.74, 6) is 0. The van der Waals surface area contributed by atoms with Crippen molar-refractivity contribution in [2.75, 3.05) is 26.3 Å². The molecule has 0 aromatic rings. The Morgan fingerprint density at radius 2 is 1.85 bits per heavy atom. The summed E-state index contributed by atoms with van der Waals surface area (Å²) >= 11 is 0. The third kappa shape index (κ3) is 5.96. The van der Waals surface area contributed by atoms with E-state index in [0.29, 0.717) is 26.3 Å². The van der Waals surface area contributed by atoms with Crippen LogP contribution in [0.4, 0.5) is 0 Å². The Hall–Kier alpha value is -0.190. The monoisotopic (exact) mass is 209 g/mol. The molecule has 5 nitrogen and oxygen atoms in total. The molecule has 1 saturated heterocycles. The van der Waals surface area contributed by atoms with Crippen LogP contribution in [0.15, 0.2) is 12.7 Å². The Morgan fingerprint density at radius 3 is 2.08 bits per heavy atom. The Labute approximate surface area is 78.2 Å². The van der Waals surface area contributed by atoms with E-state index in [2.05, 4.69) is 6.58 Å². The minimum absolute atomic E-state index is 0.324. The van der Waals surface area contributed by atoms with E-state index < -0.39 is 7.75 Å². The average molecular weight is 209 g/mol. The van der Waals surface area contributed by atoms with Crippen molar-refractivity contribution in [3.8, 4) is 0 Å². The summed E-state index contributed by atoms with van der Waals surface area (Å²) in [6.45, 7) is 6.71. The van der Waals surface area contributed by atoms with Crippen LogP contribution in [0.1, 0.15) is 6.92 Å². The summed E-state index contributed by atoms with van der Waals surface area (Å²) < 4.78 is 16.6. The van der Waals surface area contributed by atoms with Gasteiger partial charge in [0.1, 0.15) is 0 Å². The van der Waals surface area contributed by atoms with E-state index in [1.165, 1.54) is 0 Å². The van der Waals surface area contributed by atoms with Crippen LogP contribution in [0.3, 0.4) is 0 Å². The summed E-state index contributed by atoms with van der Waals surface area (Å²) in [6.07, 6.45) is 1.75. The van der Waals surface area contributed by atoms with E-state index in [1.807, 2.05) is 6.92 Å². The minimum Gasteiger partial charge on any atom is -0.379 e. The molecule has 1 aliphatic rings. The van der Waals surface area contributed by atoms with E-state index >= 15 is 0 Å². The van der Waals surface area contributed by atoms with Gasteiger partial charge in [0.15, 0.2) is 0 Å². The fourth-order valence-electron chi connectivity index (χ4n) is 0.814. The third-order valence-electron chi connectivity index (χ3n) is 1.36. The fraction of sp³-hybridized carbons (Fsp3) is 0.714. The predicted octanol–water partition coefficient (Wildman–Crippen LogP) is 0.604. The van der Waals surface area contributed by atoms with Gasteiger partial charge in [-0.15, -0.1) is 6.58 Å². The first kappa shape index (κ1) is 12.8. The highest BCUT2D eigenvalue weighted by Gasteiger charge is 2.26. The molecule has 0 spiro atoms. The normalized spacial score (nSPS) is 18.7. The first-order chi connectivity index (χ1) is 6.02. The maximum absolute atomic E-state index is 10.6. The van der Waals surface area contributed by atoms with Gasteiger partial charge in [-0.2, -0.15) is 0 Å². The molecule has 2 N–H and O–H groups in total. The molecule has 1 heterocycles. The molecule has 0 bridgehead atoms. The number of ether oxygens (including phenoxy) is 1. The van der Waals surface area contributed by atoms with Gasteiger partial charge < -0.3 is 14.5 Å². The van der Waals surface area contributed by atoms with Crippen molar-refractivity contribution in [2.45, 2.75) is 6.92 Å². The van der Waals surface area contributed by atoms with Crippen molar-refractivity contribution in [3.05, 3.63) is 12.7 Å². The summed E-state index contributed by atoms with van der Waals surface area (Å²) in [7, 11) is -3.99. The molecule has 0 amide bonds. The molecule has 0 unspecified atom stereocenters. The second-order valence-corrected chi connectivity index (χ2v) is 4.08. The SMILES string of the molecule is C=CC.O=P(O)(O)N1CCOCC1. The van der Waals surface area contributed by atoms with E-state index in [0.717, 1.165) is 4.67 Å². The van der Waals surface area contributed by atoms with Crippen LogP contribution >= 0.6 is 7.75 Å². The Bertz CT molecular complexity index is 185. The zero-order valence-electron chi connectivity index (χ0n) is 7.72. The Morgan fingerprint density at radius 1 is 1.46 bits per heavy atom. The molecule has 1 rings (SSSR count). The lowest BCUT2D eigenvalue weighted by atomic mass is 10.5. The molecule has 1 fully saturated rings. The first-order valence-corrected chi connectivity index (χ1v) is 5.54. The van der Waals surface area contributed by atoms with Gasteiger partial charge in [0, 0.05) is 13.1 Å². The molecule has 0 aromatic heterocycles. The number of rotatable bonds is 1. The van der Waals surface area contributed by atoms with E-state index in [4.69, 9.17) is 14.5 Å². The van der Waals surface area contributed by atoms with Gasteiger partial charge in [0.05, 0.1) is 13.2 Å². The smallest absolute Gasteiger partial charge is 0.379 e. The van der Waals surface area contributed by atoms with E-state index in [9.17, 15) is 4.57 Å². The van der Waals surface area contributed by atoms with Crippen LogP contribution in [0.2, 0.25) is 0 Å². The minimum atomic E-state index is -3.99. The lowest BCUT2D eigenvalue weighted by Gasteiger charge is -2.26. The highest BCUT2D eigenvalue weighted by Crippen LogP contribution is 2.39. The Balaban J connectivity index is 0.000000424. The van der Waals surface area contributed by atoms with Gasteiger partial charge in [0.25, 0.3) is 0 Å². The zero-order valence-corrected chi connectivity index (χ0v) is 8.61. The van der Waals surface area contributed by atoms with Gasteiger partial charge in [-0.25, -0.2) is 9.24 Å². The van der Waals surface area contributed by atoms with Crippen LogP contribution in [0.5, 0.6) is 0 Å². The standard InChI is InChI=1S/C4H10NO4P.C3H6/c6-10(7,8)5-1-3-9-4-2-5;1-3-2/h1-4H2,(H2,6,7,8);3H,1H2,2H3. The average Bonchev–Trinajstić information content (AvgIpc) is 2.06. The fourth-order valence-corrected chi connectivity index (χ4v) is 1.50. The van der Waals surface area contributed by atoms with Crippen LogP contribution in [0, 0.1) is 0 Å². The van der Waals surface area contributed by atoms with Crippen molar-refractivity contribution < 1.29 is 19.1 Å². The molecule has 0 radical (unpaired) electrons. The Kier molecular flexibility index (Phi) is 6.20. The van der Waals surface area contributed by atoms with Crippen molar-refractivity contribution in [2.24, 2.45) is 0 Å². The molecule has 0 aliphatic carbocycles. The molecule has 1 aliphatic heterocycles. The molecular weight excluding hydrogens is 193 g/mol. The molecule has 13 heavy (non-hydrogen) atoms. The lowest BCUT2D eigenvalue weighted by Crippen LogP contribution is -2.33. The molecule has 78 valence electrons.